The van der Waals surface area contributed by atoms with Gasteiger partial charge in [-0.2, -0.15) is 4.39 Å². The molecule has 0 aliphatic carbocycles. The molecule has 116 valence electrons. The third-order valence-electron chi connectivity index (χ3n) is 3.82. The zero-order valence-corrected chi connectivity index (χ0v) is 13.6. The molecule has 1 fully saturated rings. The van der Waals surface area contributed by atoms with Crippen LogP contribution < -0.4 is 4.90 Å². The Bertz CT molecular complexity index is 658. The molecular weight excluding hydrogens is 352 g/mol. The van der Waals surface area contributed by atoms with Crippen LogP contribution in [-0.4, -0.2) is 36.1 Å². The van der Waals surface area contributed by atoms with Crippen LogP contribution >= 0.6 is 15.9 Å². The van der Waals surface area contributed by atoms with E-state index in [2.05, 4.69) is 30.7 Å². The molecule has 1 aliphatic heterocycles. The summed E-state index contributed by atoms with van der Waals surface area (Å²) in [5.74, 6) is 0.00106. The molecule has 0 unspecified atom stereocenters. The number of nitrogens with zero attached hydrogens (tertiary/aromatic N) is 3. The van der Waals surface area contributed by atoms with Crippen LogP contribution in [0.25, 0.3) is 0 Å². The molecule has 0 amide bonds. The SMILES string of the molecule is Fc1cccc(N2CCN(Cc3cccc(Br)c3F)CC2)n1. The van der Waals surface area contributed by atoms with Crippen molar-refractivity contribution in [3.05, 3.63) is 58.2 Å². The quantitative estimate of drug-likeness (QED) is 0.774. The number of aromatic nitrogens is 1. The Labute approximate surface area is 136 Å². The summed E-state index contributed by atoms with van der Waals surface area (Å²) in [6.07, 6.45) is 0. The number of pyridine rings is 1. The van der Waals surface area contributed by atoms with Gasteiger partial charge >= 0.3 is 0 Å². The lowest BCUT2D eigenvalue weighted by Gasteiger charge is -2.35. The smallest absolute Gasteiger partial charge is 0.214 e. The lowest BCUT2D eigenvalue weighted by Crippen LogP contribution is -2.46. The maximum atomic E-state index is 14.0. The molecule has 0 bridgehead atoms. The third kappa shape index (κ3) is 3.44. The van der Waals surface area contributed by atoms with Gasteiger partial charge in [0.1, 0.15) is 11.6 Å². The van der Waals surface area contributed by atoms with Gasteiger partial charge in [0.15, 0.2) is 0 Å². The first-order valence-electron chi connectivity index (χ1n) is 7.16. The number of hydrogen-bond donors (Lipinski definition) is 0. The van der Waals surface area contributed by atoms with E-state index >= 15 is 0 Å². The second kappa shape index (κ2) is 6.71. The molecule has 3 nitrogen and oxygen atoms in total. The molecule has 2 aromatic rings. The van der Waals surface area contributed by atoms with E-state index in [0.717, 1.165) is 26.2 Å². The van der Waals surface area contributed by atoms with Crippen molar-refractivity contribution >= 4 is 21.7 Å². The Morgan fingerprint density at radius 2 is 1.73 bits per heavy atom. The minimum absolute atomic E-state index is 0.197. The second-order valence-corrected chi connectivity index (χ2v) is 6.15. The molecule has 1 aliphatic rings. The van der Waals surface area contributed by atoms with E-state index in [-0.39, 0.29) is 5.82 Å². The zero-order valence-electron chi connectivity index (χ0n) is 12.0. The molecule has 0 saturated carbocycles. The standard InChI is InChI=1S/C16H16BrF2N3/c17-13-4-1-3-12(16(13)19)11-21-7-9-22(10-8-21)15-6-2-5-14(18)20-15/h1-6H,7-11H2. The van der Waals surface area contributed by atoms with Crippen LogP contribution in [-0.2, 0) is 6.54 Å². The molecule has 1 aromatic heterocycles. The summed E-state index contributed by atoms with van der Waals surface area (Å²) in [7, 11) is 0. The van der Waals surface area contributed by atoms with Crippen molar-refractivity contribution in [2.45, 2.75) is 6.54 Å². The highest BCUT2D eigenvalue weighted by Crippen LogP contribution is 2.21. The van der Waals surface area contributed by atoms with E-state index in [1.165, 1.54) is 6.07 Å². The minimum Gasteiger partial charge on any atom is -0.354 e. The first kappa shape index (κ1) is 15.4. The van der Waals surface area contributed by atoms with Crippen molar-refractivity contribution in [1.29, 1.82) is 0 Å². The van der Waals surface area contributed by atoms with E-state index < -0.39 is 5.95 Å². The number of anilines is 1. The molecule has 0 radical (unpaired) electrons. The van der Waals surface area contributed by atoms with Gasteiger partial charge in [0.05, 0.1) is 4.47 Å². The van der Waals surface area contributed by atoms with Gasteiger partial charge in [-0.05, 0) is 34.1 Å². The Balaban J connectivity index is 1.61. The highest BCUT2D eigenvalue weighted by molar-refractivity contribution is 9.10. The van der Waals surface area contributed by atoms with Gasteiger partial charge in [0.25, 0.3) is 0 Å². The molecule has 0 spiro atoms. The van der Waals surface area contributed by atoms with Crippen LogP contribution in [0.5, 0.6) is 0 Å². The largest absolute Gasteiger partial charge is 0.354 e. The van der Waals surface area contributed by atoms with E-state index in [9.17, 15) is 8.78 Å². The fourth-order valence-electron chi connectivity index (χ4n) is 2.62. The van der Waals surface area contributed by atoms with Crippen molar-refractivity contribution in [2.24, 2.45) is 0 Å². The Kier molecular flexibility index (Phi) is 4.69. The lowest BCUT2D eigenvalue weighted by molar-refractivity contribution is 0.246. The average Bonchev–Trinajstić information content (AvgIpc) is 2.53. The summed E-state index contributed by atoms with van der Waals surface area (Å²) in [6.45, 7) is 3.68. The van der Waals surface area contributed by atoms with Crippen molar-refractivity contribution in [3.8, 4) is 0 Å². The van der Waals surface area contributed by atoms with Gasteiger partial charge in [0.2, 0.25) is 5.95 Å². The van der Waals surface area contributed by atoms with Crippen molar-refractivity contribution < 1.29 is 8.78 Å². The molecule has 1 saturated heterocycles. The van der Waals surface area contributed by atoms with Crippen LogP contribution in [0.3, 0.4) is 0 Å². The topological polar surface area (TPSA) is 19.4 Å². The summed E-state index contributed by atoms with van der Waals surface area (Å²) in [4.78, 5) is 8.15. The van der Waals surface area contributed by atoms with Crippen LogP contribution in [0.1, 0.15) is 5.56 Å². The van der Waals surface area contributed by atoms with Crippen LogP contribution in [0.2, 0.25) is 0 Å². The highest BCUT2D eigenvalue weighted by atomic mass is 79.9. The molecular formula is C16H16BrF2N3. The first-order chi connectivity index (χ1) is 10.6. The zero-order chi connectivity index (χ0) is 15.5. The summed E-state index contributed by atoms with van der Waals surface area (Å²) in [5.41, 5.74) is 0.687. The third-order valence-corrected chi connectivity index (χ3v) is 4.43. The lowest BCUT2D eigenvalue weighted by atomic mass is 10.2. The molecule has 3 rings (SSSR count). The Morgan fingerprint density at radius 3 is 2.45 bits per heavy atom. The second-order valence-electron chi connectivity index (χ2n) is 5.29. The minimum atomic E-state index is -0.462. The normalized spacial score (nSPS) is 16.0. The van der Waals surface area contributed by atoms with Crippen molar-refractivity contribution in [3.63, 3.8) is 0 Å². The first-order valence-corrected chi connectivity index (χ1v) is 7.95. The van der Waals surface area contributed by atoms with Crippen LogP contribution in [0.15, 0.2) is 40.9 Å². The molecule has 0 atom stereocenters. The highest BCUT2D eigenvalue weighted by Gasteiger charge is 2.19. The van der Waals surface area contributed by atoms with Crippen LogP contribution in [0.4, 0.5) is 14.6 Å². The molecule has 22 heavy (non-hydrogen) atoms. The fraction of sp³-hybridized carbons (Fsp3) is 0.312. The monoisotopic (exact) mass is 367 g/mol. The van der Waals surface area contributed by atoms with Gasteiger partial charge < -0.3 is 4.90 Å². The van der Waals surface area contributed by atoms with Crippen molar-refractivity contribution in [2.75, 3.05) is 31.1 Å². The number of rotatable bonds is 3. The summed E-state index contributed by atoms with van der Waals surface area (Å²) < 4.78 is 27.7. The molecule has 2 heterocycles. The summed E-state index contributed by atoms with van der Waals surface area (Å²) in [6, 6.07) is 10.2. The van der Waals surface area contributed by atoms with Gasteiger partial charge in [-0.3, -0.25) is 4.90 Å². The fourth-order valence-corrected chi connectivity index (χ4v) is 3.03. The molecule has 1 aromatic carbocycles. The summed E-state index contributed by atoms with van der Waals surface area (Å²) >= 11 is 3.21. The van der Waals surface area contributed by atoms with Crippen molar-refractivity contribution in [1.82, 2.24) is 9.88 Å². The Hall–Kier alpha value is -1.53. The van der Waals surface area contributed by atoms with E-state index in [1.54, 1.807) is 18.2 Å². The Morgan fingerprint density at radius 1 is 1.00 bits per heavy atom. The van der Waals surface area contributed by atoms with Gasteiger partial charge in [-0.15, -0.1) is 0 Å². The number of halogens is 3. The molecule has 6 heteroatoms. The molecule has 0 N–H and O–H groups in total. The van der Waals surface area contributed by atoms with E-state index in [4.69, 9.17) is 0 Å². The predicted molar refractivity (Wildman–Crippen MR) is 85.8 cm³/mol. The maximum absolute atomic E-state index is 14.0. The average molecular weight is 368 g/mol. The number of benzene rings is 1. The number of piperazine rings is 1. The van der Waals surface area contributed by atoms with Crippen LogP contribution in [0, 0.1) is 11.8 Å². The van der Waals surface area contributed by atoms with Gasteiger partial charge in [-0.1, -0.05) is 18.2 Å². The summed E-state index contributed by atoms with van der Waals surface area (Å²) in [5, 5.41) is 0. The van der Waals surface area contributed by atoms with Gasteiger partial charge in [-0.25, -0.2) is 9.37 Å². The van der Waals surface area contributed by atoms with E-state index in [1.807, 2.05) is 12.1 Å². The predicted octanol–water partition coefficient (Wildman–Crippen LogP) is 3.44. The van der Waals surface area contributed by atoms with E-state index in [0.29, 0.717) is 22.4 Å². The van der Waals surface area contributed by atoms with Gasteiger partial charge in [0, 0.05) is 38.3 Å². The number of hydrogen-bond acceptors (Lipinski definition) is 3. The maximum Gasteiger partial charge on any atom is 0.214 e.